The summed E-state index contributed by atoms with van der Waals surface area (Å²) in [6, 6.07) is -1.19. The third kappa shape index (κ3) is 18.7. The van der Waals surface area contributed by atoms with E-state index in [0.29, 0.717) is 69.8 Å². The predicted molar refractivity (Wildman–Crippen MR) is 281 cm³/mol. The molecule has 426 valence electrons. The molecular formula is C56H90NO17P. The molecule has 16 atom stereocenters. The lowest BCUT2D eigenvalue weighted by Gasteiger charge is -2.42. The Bertz CT molecular complexity index is 2060. The van der Waals surface area contributed by atoms with Crippen LogP contribution in [0.25, 0.3) is 0 Å². The lowest BCUT2D eigenvalue weighted by atomic mass is 9.78. The fraction of sp³-hybridized carbons (Fsp3) is 0.768. The number of hydrogen-bond donors (Lipinski definition) is 3. The van der Waals surface area contributed by atoms with Gasteiger partial charge < -0.3 is 57.7 Å². The molecule has 0 spiro atoms. The van der Waals surface area contributed by atoms with E-state index in [9.17, 15) is 38.8 Å². The highest BCUT2D eigenvalue weighted by Gasteiger charge is 2.53. The van der Waals surface area contributed by atoms with Crippen LogP contribution in [0.15, 0.2) is 47.6 Å². The summed E-state index contributed by atoms with van der Waals surface area (Å²) in [5.74, 6) is -8.47. The van der Waals surface area contributed by atoms with Gasteiger partial charge in [0.05, 0.1) is 50.8 Å². The Morgan fingerprint density at radius 3 is 2.27 bits per heavy atom. The van der Waals surface area contributed by atoms with Crippen molar-refractivity contribution < 1.29 is 81.3 Å². The molecule has 0 radical (unpaired) electrons. The average Bonchev–Trinajstić information content (AvgIpc) is 3.37. The number of cyclic esters (lactones) is 1. The van der Waals surface area contributed by atoms with E-state index in [2.05, 4.69) is 0 Å². The molecule has 18 nitrogen and oxygen atoms in total. The maximum atomic E-state index is 14.6. The fourth-order valence-electron chi connectivity index (χ4n) is 10.9. The number of carbonyl (C=O) groups excluding carboxylic acids is 5. The van der Waals surface area contributed by atoms with E-state index in [1.165, 1.54) is 18.7 Å². The molecule has 0 aromatic heterocycles. The van der Waals surface area contributed by atoms with Crippen molar-refractivity contribution in [2.24, 2.45) is 35.5 Å². The van der Waals surface area contributed by atoms with Crippen molar-refractivity contribution in [1.29, 1.82) is 0 Å². The van der Waals surface area contributed by atoms with Crippen molar-refractivity contribution in [3.63, 3.8) is 0 Å². The SMILES string of the molecule is CO[C@H]1C[C@@H]2CCC(C)C(O)(O2)C(=O)C(=O)N2CCCCC2C(=O)O[C@H]([C@H](C)C[C@@H]2CC[C@@H](OP(C)(=O)OCCOCCO)[C@H](OC)C2)CC(=O)[C@H](C)/C=C(\C)[C@@H](O)[C@@H](OC)C(=O)[C@H](C)C[C@H](C)/C=C/C=CC=C1C. The molecule has 2 bridgehead atoms. The summed E-state index contributed by atoms with van der Waals surface area (Å²) < 4.78 is 59.8. The Labute approximate surface area is 445 Å². The van der Waals surface area contributed by atoms with Crippen molar-refractivity contribution >= 4 is 36.8 Å². The van der Waals surface area contributed by atoms with Crippen LogP contribution < -0.4 is 0 Å². The van der Waals surface area contributed by atoms with Crippen LogP contribution in [-0.4, -0.2) is 165 Å². The number of aliphatic hydroxyl groups excluding tert-OH is 2. The van der Waals surface area contributed by atoms with Crippen molar-refractivity contribution in [2.45, 2.75) is 180 Å². The number of Topliss-reactive ketones (excluding diaryl/α,β-unsaturated/α-hetero) is 3. The standard InChI is InChI=1S/C56H90NO17P/c1-35-17-13-12-14-18-36(2)47(67-8)33-43-22-20-41(7)56(65,73-43)53(62)54(63)57-24-16-15-19-44(57)55(64)72-48(34-45(59)37(3)30-40(6)51(61)52(69-10)50(60)39(5)29-35)38(4)31-42-21-23-46(49(32-42)68-9)74-75(11,66)71-28-27-70-26-25-58/h12-14,17-18,30,35,37-39,41-44,46-49,51-52,58,61,65H,15-16,19-29,31-34H2,1-11H3/b14-12?,17-13+,36-18?,40-30+/t35-,37-,38-,39-,41?,42+,43+,44?,46-,47+,48+,49-,51-,52+,56?,75?/m1/s1. The third-order valence-electron chi connectivity index (χ3n) is 15.6. The number of piperidine rings is 1. The molecule has 4 aliphatic rings. The Balaban J connectivity index is 1.66. The molecule has 19 heteroatoms. The maximum absolute atomic E-state index is 14.6. The zero-order valence-electron chi connectivity index (χ0n) is 46.5. The number of rotatable bonds is 14. The van der Waals surface area contributed by atoms with Gasteiger partial charge in [-0.25, -0.2) is 4.79 Å². The highest BCUT2D eigenvalue weighted by molar-refractivity contribution is 7.53. The third-order valence-corrected chi connectivity index (χ3v) is 16.9. The summed E-state index contributed by atoms with van der Waals surface area (Å²) >= 11 is 0. The molecule has 4 unspecified atom stereocenters. The van der Waals surface area contributed by atoms with E-state index in [0.717, 1.165) is 5.57 Å². The highest BCUT2D eigenvalue weighted by atomic mass is 31.2. The average molecular weight is 1080 g/mol. The van der Waals surface area contributed by atoms with Crippen LogP contribution in [0.3, 0.4) is 0 Å². The van der Waals surface area contributed by atoms with E-state index in [-0.39, 0.29) is 69.2 Å². The van der Waals surface area contributed by atoms with Gasteiger partial charge in [-0.15, -0.1) is 0 Å². The molecule has 0 aromatic rings. The van der Waals surface area contributed by atoms with Crippen LogP contribution in [0.2, 0.25) is 0 Å². The van der Waals surface area contributed by atoms with Gasteiger partial charge in [0, 0.05) is 65.1 Å². The first-order valence-corrected chi connectivity index (χ1v) is 29.1. The Kier molecular flexibility index (Phi) is 26.4. The van der Waals surface area contributed by atoms with Gasteiger partial charge in [-0.3, -0.25) is 23.7 Å². The number of ether oxygens (including phenoxy) is 6. The molecular weight excluding hydrogens is 990 g/mol. The van der Waals surface area contributed by atoms with Gasteiger partial charge in [-0.1, -0.05) is 71.1 Å². The summed E-state index contributed by atoms with van der Waals surface area (Å²) in [6.45, 7) is 14.1. The van der Waals surface area contributed by atoms with Gasteiger partial charge in [0.1, 0.15) is 30.1 Å². The van der Waals surface area contributed by atoms with E-state index < -0.39 is 103 Å². The van der Waals surface area contributed by atoms with Crippen molar-refractivity contribution in [3.05, 3.63) is 47.6 Å². The minimum Gasteiger partial charge on any atom is -0.460 e. The fourth-order valence-corrected chi connectivity index (χ4v) is 12.1. The first-order chi connectivity index (χ1) is 35.5. The Morgan fingerprint density at radius 1 is 0.853 bits per heavy atom. The number of fused-ring (bicyclic) bond motifs is 3. The summed E-state index contributed by atoms with van der Waals surface area (Å²) in [5.41, 5.74) is 1.22. The monoisotopic (exact) mass is 1080 g/mol. The van der Waals surface area contributed by atoms with Crippen LogP contribution in [0.4, 0.5) is 0 Å². The summed E-state index contributed by atoms with van der Waals surface area (Å²) in [5, 5.41) is 32.5. The summed E-state index contributed by atoms with van der Waals surface area (Å²) in [6.07, 6.45) is 10.3. The Morgan fingerprint density at radius 2 is 1.59 bits per heavy atom. The molecule has 1 amide bonds. The molecule has 4 rings (SSSR count). The van der Waals surface area contributed by atoms with E-state index in [1.807, 2.05) is 51.2 Å². The maximum Gasteiger partial charge on any atom is 0.329 e. The van der Waals surface area contributed by atoms with E-state index >= 15 is 0 Å². The lowest BCUT2D eigenvalue weighted by molar-refractivity contribution is -0.265. The van der Waals surface area contributed by atoms with Crippen LogP contribution in [0.1, 0.15) is 126 Å². The predicted octanol–water partition coefficient (Wildman–Crippen LogP) is 7.05. The number of carbonyl (C=O) groups is 5. The molecule has 1 saturated carbocycles. The van der Waals surface area contributed by atoms with Gasteiger partial charge in [-0.05, 0) is 107 Å². The van der Waals surface area contributed by atoms with Crippen LogP contribution in [0.5, 0.6) is 0 Å². The smallest absolute Gasteiger partial charge is 0.329 e. The number of amides is 1. The molecule has 0 aromatic carbocycles. The van der Waals surface area contributed by atoms with Gasteiger partial charge in [0.2, 0.25) is 5.79 Å². The minimum atomic E-state index is -3.51. The molecule has 3 heterocycles. The van der Waals surface area contributed by atoms with E-state index in [1.54, 1.807) is 48.0 Å². The van der Waals surface area contributed by atoms with Crippen LogP contribution in [0, 0.1) is 35.5 Å². The summed E-state index contributed by atoms with van der Waals surface area (Å²) in [4.78, 5) is 72.6. The first kappa shape index (κ1) is 64.3. The second-order valence-corrected chi connectivity index (χ2v) is 23.6. The van der Waals surface area contributed by atoms with Crippen molar-refractivity contribution in [3.8, 4) is 0 Å². The molecule has 3 N–H and O–H groups in total. The second-order valence-electron chi connectivity index (χ2n) is 21.6. The lowest BCUT2D eigenvalue weighted by Crippen LogP contribution is -2.61. The molecule has 75 heavy (non-hydrogen) atoms. The number of hydrogen-bond acceptors (Lipinski definition) is 17. The zero-order valence-corrected chi connectivity index (χ0v) is 47.4. The second kappa shape index (κ2) is 30.8. The number of esters is 1. The number of methoxy groups -OCH3 is 3. The largest absolute Gasteiger partial charge is 0.460 e. The number of allylic oxidation sites excluding steroid dienone is 6. The number of aliphatic hydroxyl groups is 3. The number of nitrogens with zero attached hydrogens (tertiary/aromatic N) is 1. The molecule has 1 aliphatic carbocycles. The van der Waals surface area contributed by atoms with Crippen LogP contribution in [-0.2, 0) is 66.0 Å². The van der Waals surface area contributed by atoms with Gasteiger partial charge in [0.15, 0.2) is 5.78 Å². The van der Waals surface area contributed by atoms with Gasteiger partial charge in [-0.2, -0.15) is 0 Å². The topological polar surface area (TPSA) is 240 Å². The molecule has 3 fully saturated rings. The zero-order chi connectivity index (χ0) is 55.6. The normalized spacial score (nSPS) is 36.4. The first-order valence-electron chi connectivity index (χ1n) is 27.1. The van der Waals surface area contributed by atoms with Crippen molar-refractivity contribution in [1.82, 2.24) is 4.90 Å². The van der Waals surface area contributed by atoms with E-state index in [4.69, 9.17) is 42.6 Å². The van der Waals surface area contributed by atoms with Crippen molar-refractivity contribution in [2.75, 3.05) is 61.0 Å². The minimum absolute atomic E-state index is 0.000234. The van der Waals surface area contributed by atoms with Gasteiger partial charge in [0.25, 0.3) is 11.7 Å². The summed E-state index contributed by atoms with van der Waals surface area (Å²) in [7, 11) is 0.977. The Hall–Kier alpha value is -3.26. The quantitative estimate of drug-likeness (QED) is 0.0519. The number of ketones is 3. The van der Waals surface area contributed by atoms with Gasteiger partial charge >= 0.3 is 13.6 Å². The highest BCUT2D eigenvalue weighted by Crippen LogP contribution is 2.48. The molecule has 3 aliphatic heterocycles. The molecule has 2 saturated heterocycles. The van der Waals surface area contributed by atoms with Crippen LogP contribution >= 0.6 is 7.60 Å².